The van der Waals surface area contributed by atoms with Crippen LogP contribution in [0.4, 0.5) is 0 Å². The molecule has 4 rings (SSSR count). The van der Waals surface area contributed by atoms with Crippen LogP contribution in [0.5, 0.6) is 0 Å². The zero-order valence-corrected chi connectivity index (χ0v) is 16.3. The summed E-state index contributed by atoms with van der Waals surface area (Å²) < 4.78 is 5.62. The zero-order chi connectivity index (χ0) is 19.0. The van der Waals surface area contributed by atoms with Gasteiger partial charge in [0.05, 0.1) is 11.9 Å². The lowest BCUT2D eigenvalue weighted by atomic mass is 9.86. The van der Waals surface area contributed by atoms with Gasteiger partial charge in [0.2, 0.25) is 0 Å². The number of pyridine rings is 1. The van der Waals surface area contributed by atoms with Crippen LogP contribution in [0.15, 0.2) is 65.4 Å². The molecule has 0 atom stereocenters. The molecule has 0 aliphatic carbocycles. The van der Waals surface area contributed by atoms with Crippen molar-refractivity contribution in [3.8, 4) is 11.3 Å². The molecule has 0 spiro atoms. The van der Waals surface area contributed by atoms with Gasteiger partial charge in [-0.3, -0.25) is 4.98 Å². The molecule has 0 amide bonds. The molecule has 2 aromatic carbocycles. The van der Waals surface area contributed by atoms with Gasteiger partial charge >= 0.3 is 0 Å². The van der Waals surface area contributed by atoms with Gasteiger partial charge < -0.3 is 4.52 Å². The van der Waals surface area contributed by atoms with Crippen LogP contribution in [0.3, 0.4) is 0 Å². The van der Waals surface area contributed by atoms with E-state index >= 15 is 0 Å². The van der Waals surface area contributed by atoms with E-state index in [9.17, 15) is 0 Å². The van der Waals surface area contributed by atoms with Gasteiger partial charge in [0.15, 0.2) is 5.58 Å². The highest BCUT2D eigenvalue weighted by Gasteiger charge is 2.17. The molecule has 0 N–H and O–H groups in total. The standard InChI is InChI=1S/C24H24N2O/c1-16-6-5-13-25-22(16)20-12-9-18-15-26-27-23(18)21(20)14-17-7-10-19(11-8-17)24(2,3)4/h5-13,15H,14H2,1-4H3. The summed E-state index contributed by atoms with van der Waals surface area (Å²) in [4.78, 5) is 4.63. The molecule has 3 nitrogen and oxygen atoms in total. The highest BCUT2D eigenvalue weighted by atomic mass is 16.5. The van der Waals surface area contributed by atoms with E-state index in [1.54, 1.807) is 6.20 Å². The Bertz CT molecular complexity index is 1090. The summed E-state index contributed by atoms with van der Waals surface area (Å²) >= 11 is 0. The zero-order valence-electron chi connectivity index (χ0n) is 16.3. The van der Waals surface area contributed by atoms with Gasteiger partial charge in [-0.2, -0.15) is 0 Å². The summed E-state index contributed by atoms with van der Waals surface area (Å²) in [5.41, 5.74) is 7.98. The van der Waals surface area contributed by atoms with Crippen molar-refractivity contribution in [3.05, 3.63) is 83.2 Å². The van der Waals surface area contributed by atoms with E-state index in [0.29, 0.717) is 0 Å². The maximum absolute atomic E-state index is 5.62. The molecule has 136 valence electrons. The lowest BCUT2D eigenvalue weighted by Crippen LogP contribution is -2.10. The molecule has 0 radical (unpaired) electrons. The van der Waals surface area contributed by atoms with Crippen LogP contribution in [-0.2, 0) is 11.8 Å². The Morgan fingerprint density at radius 1 is 0.963 bits per heavy atom. The molecule has 0 aliphatic heterocycles. The Labute approximate surface area is 160 Å². The first-order valence-corrected chi connectivity index (χ1v) is 9.31. The van der Waals surface area contributed by atoms with Crippen molar-refractivity contribution < 1.29 is 4.52 Å². The summed E-state index contributed by atoms with van der Waals surface area (Å²) in [5.74, 6) is 0. The van der Waals surface area contributed by atoms with Gasteiger partial charge in [-0.15, -0.1) is 0 Å². The lowest BCUT2D eigenvalue weighted by Gasteiger charge is -2.19. The summed E-state index contributed by atoms with van der Waals surface area (Å²) in [6.45, 7) is 8.80. The summed E-state index contributed by atoms with van der Waals surface area (Å²) in [6, 6.07) is 17.1. The first-order chi connectivity index (χ1) is 12.9. The molecular formula is C24H24N2O. The minimum atomic E-state index is 0.152. The first kappa shape index (κ1) is 17.5. The maximum Gasteiger partial charge on any atom is 0.171 e. The van der Waals surface area contributed by atoms with Crippen LogP contribution in [0, 0.1) is 6.92 Å². The van der Waals surface area contributed by atoms with Gasteiger partial charge in [-0.1, -0.05) is 62.3 Å². The third-order valence-electron chi connectivity index (χ3n) is 5.09. The summed E-state index contributed by atoms with van der Waals surface area (Å²) in [5, 5.41) is 5.03. The first-order valence-electron chi connectivity index (χ1n) is 9.31. The number of rotatable bonds is 3. The van der Waals surface area contributed by atoms with Crippen molar-refractivity contribution in [3.63, 3.8) is 0 Å². The number of aromatic nitrogens is 2. The van der Waals surface area contributed by atoms with Gasteiger partial charge in [-0.05, 0) is 41.2 Å². The van der Waals surface area contributed by atoms with E-state index in [-0.39, 0.29) is 5.41 Å². The van der Waals surface area contributed by atoms with E-state index in [0.717, 1.165) is 39.8 Å². The van der Waals surface area contributed by atoms with Crippen molar-refractivity contribution in [2.24, 2.45) is 0 Å². The van der Waals surface area contributed by atoms with Crippen LogP contribution in [0.1, 0.15) is 43.0 Å². The molecule has 0 fully saturated rings. The molecule has 27 heavy (non-hydrogen) atoms. The Morgan fingerprint density at radius 3 is 2.44 bits per heavy atom. The van der Waals surface area contributed by atoms with Crippen LogP contribution in [0.2, 0.25) is 0 Å². The van der Waals surface area contributed by atoms with Crippen LogP contribution < -0.4 is 0 Å². The second-order valence-corrected chi connectivity index (χ2v) is 8.13. The molecule has 4 aromatic rings. The van der Waals surface area contributed by atoms with Crippen molar-refractivity contribution >= 4 is 11.0 Å². The highest BCUT2D eigenvalue weighted by molar-refractivity contribution is 5.87. The number of fused-ring (bicyclic) bond motifs is 1. The fourth-order valence-electron chi connectivity index (χ4n) is 3.48. The second-order valence-electron chi connectivity index (χ2n) is 8.13. The van der Waals surface area contributed by atoms with E-state index in [1.165, 1.54) is 11.1 Å². The van der Waals surface area contributed by atoms with Crippen molar-refractivity contribution in [1.82, 2.24) is 10.1 Å². The summed E-state index contributed by atoms with van der Waals surface area (Å²) in [6.07, 6.45) is 4.40. The Kier molecular flexibility index (Phi) is 4.31. The van der Waals surface area contributed by atoms with Crippen molar-refractivity contribution in [1.29, 1.82) is 0 Å². The second kappa shape index (κ2) is 6.66. The van der Waals surface area contributed by atoms with E-state index in [1.807, 2.05) is 12.3 Å². The molecule has 0 saturated carbocycles. The average Bonchev–Trinajstić information content (AvgIpc) is 3.12. The predicted molar refractivity (Wildman–Crippen MR) is 110 cm³/mol. The quantitative estimate of drug-likeness (QED) is 0.446. The number of hydrogen-bond acceptors (Lipinski definition) is 3. The Hall–Kier alpha value is -2.94. The largest absolute Gasteiger partial charge is 0.356 e. The topological polar surface area (TPSA) is 38.9 Å². The minimum absolute atomic E-state index is 0.152. The average molecular weight is 356 g/mol. The monoisotopic (exact) mass is 356 g/mol. The lowest BCUT2D eigenvalue weighted by molar-refractivity contribution is 0.454. The molecule has 0 bridgehead atoms. The number of aryl methyl sites for hydroxylation is 1. The fraction of sp³-hybridized carbons (Fsp3) is 0.250. The van der Waals surface area contributed by atoms with E-state index in [4.69, 9.17) is 4.52 Å². The molecule has 0 unspecified atom stereocenters. The Morgan fingerprint density at radius 2 is 1.74 bits per heavy atom. The molecule has 3 heteroatoms. The predicted octanol–water partition coefficient (Wildman–Crippen LogP) is 6.09. The van der Waals surface area contributed by atoms with E-state index in [2.05, 4.69) is 80.3 Å². The van der Waals surface area contributed by atoms with Crippen molar-refractivity contribution in [2.75, 3.05) is 0 Å². The molecule has 0 aliphatic rings. The van der Waals surface area contributed by atoms with Gasteiger partial charge in [0.25, 0.3) is 0 Å². The number of benzene rings is 2. The van der Waals surface area contributed by atoms with Crippen LogP contribution >= 0.6 is 0 Å². The van der Waals surface area contributed by atoms with Crippen LogP contribution in [-0.4, -0.2) is 10.1 Å². The van der Waals surface area contributed by atoms with Gasteiger partial charge in [0, 0.05) is 29.1 Å². The molecule has 2 aromatic heterocycles. The minimum Gasteiger partial charge on any atom is -0.356 e. The normalized spacial score (nSPS) is 11.9. The van der Waals surface area contributed by atoms with Gasteiger partial charge in [0.1, 0.15) is 0 Å². The third kappa shape index (κ3) is 3.37. The highest BCUT2D eigenvalue weighted by Crippen LogP contribution is 2.33. The maximum atomic E-state index is 5.62. The Balaban J connectivity index is 1.82. The van der Waals surface area contributed by atoms with E-state index < -0.39 is 0 Å². The third-order valence-corrected chi connectivity index (χ3v) is 5.09. The molecular weight excluding hydrogens is 332 g/mol. The molecule has 0 saturated heterocycles. The van der Waals surface area contributed by atoms with Crippen LogP contribution in [0.25, 0.3) is 22.2 Å². The smallest absolute Gasteiger partial charge is 0.171 e. The number of hydrogen-bond donors (Lipinski definition) is 0. The SMILES string of the molecule is Cc1cccnc1-c1ccc2cnoc2c1Cc1ccc(C(C)(C)C)cc1. The van der Waals surface area contributed by atoms with Crippen molar-refractivity contribution in [2.45, 2.75) is 39.5 Å². The molecule has 2 heterocycles. The fourth-order valence-corrected chi connectivity index (χ4v) is 3.48. The van der Waals surface area contributed by atoms with Gasteiger partial charge in [-0.25, -0.2) is 0 Å². The number of nitrogens with zero attached hydrogens (tertiary/aromatic N) is 2. The summed E-state index contributed by atoms with van der Waals surface area (Å²) in [7, 11) is 0.